The van der Waals surface area contributed by atoms with Crippen molar-refractivity contribution in [2.24, 2.45) is 5.41 Å². The third kappa shape index (κ3) is 3.13. The molecule has 1 aromatic carbocycles. The van der Waals surface area contributed by atoms with Gasteiger partial charge in [-0.3, -0.25) is 4.79 Å². The topological polar surface area (TPSA) is 49.3 Å². The second-order valence-electron chi connectivity index (χ2n) is 6.74. The summed E-state index contributed by atoms with van der Waals surface area (Å²) < 4.78 is 0. The van der Waals surface area contributed by atoms with Crippen LogP contribution in [0.5, 0.6) is 0 Å². The number of hydrogen-bond donors (Lipinski definition) is 2. The second kappa shape index (κ2) is 6.18. The number of aliphatic hydroxyl groups is 1. The van der Waals surface area contributed by atoms with Crippen LogP contribution >= 0.6 is 0 Å². The van der Waals surface area contributed by atoms with Gasteiger partial charge in [-0.05, 0) is 61.8 Å². The molecule has 1 aromatic rings. The van der Waals surface area contributed by atoms with Crippen LogP contribution < -0.4 is 5.32 Å². The standard InChI is InChI=1S/C18H25NO2/c20-13-18(9-3-4-10-18)12-19-17(21)16-8-7-14-5-1-2-6-15(14)11-16/h7-8,11,20H,1-6,9-10,12-13H2,(H,19,21). The van der Waals surface area contributed by atoms with Crippen LogP contribution in [0.2, 0.25) is 0 Å². The third-order valence-corrected chi connectivity index (χ3v) is 5.23. The zero-order valence-electron chi connectivity index (χ0n) is 12.7. The lowest BCUT2D eigenvalue weighted by Crippen LogP contribution is -2.38. The fourth-order valence-electron chi connectivity index (χ4n) is 3.76. The van der Waals surface area contributed by atoms with Crippen LogP contribution in [-0.2, 0) is 12.8 Å². The molecule has 1 fully saturated rings. The van der Waals surface area contributed by atoms with Crippen molar-refractivity contribution in [3.05, 3.63) is 34.9 Å². The molecule has 1 saturated carbocycles. The molecule has 3 rings (SSSR count). The molecule has 3 heteroatoms. The SMILES string of the molecule is O=C(NCC1(CO)CCCC1)c1ccc2c(c1)CCCC2. The van der Waals surface area contributed by atoms with Gasteiger partial charge in [-0.25, -0.2) is 0 Å². The molecule has 0 aromatic heterocycles. The molecule has 2 N–H and O–H groups in total. The Balaban J connectivity index is 1.65. The van der Waals surface area contributed by atoms with E-state index in [4.69, 9.17) is 0 Å². The molecule has 0 heterocycles. The molecular weight excluding hydrogens is 262 g/mol. The van der Waals surface area contributed by atoms with E-state index in [2.05, 4.69) is 17.4 Å². The van der Waals surface area contributed by atoms with Crippen molar-refractivity contribution in [2.45, 2.75) is 51.4 Å². The van der Waals surface area contributed by atoms with Crippen molar-refractivity contribution >= 4 is 5.91 Å². The first-order valence-corrected chi connectivity index (χ1v) is 8.23. The van der Waals surface area contributed by atoms with Gasteiger partial charge in [0, 0.05) is 17.5 Å². The van der Waals surface area contributed by atoms with Crippen molar-refractivity contribution in [3.63, 3.8) is 0 Å². The first kappa shape index (κ1) is 14.6. The van der Waals surface area contributed by atoms with Gasteiger partial charge >= 0.3 is 0 Å². The number of fused-ring (bicyclic) bond motifs is 1. The highest BCUT2D eigenvalue weighted by Crippen LogP contribution is 2.36. The molecule has 0 spiro atoms. The third-order valence-electron chi connectivity index (χ3n) is 5.23. The minimum absolute atomic E-state index is 0.00287. The first-order valence-electron chi connectivity index (χ1n) is 8.23. The number of aryl methyl sites for hydroxylation is 2. The number of rotatable bonds is 4. The summed E-state index contributed by atoms with van der Waals surface area (Å²) in [7, 11) is 0. The molecule has 0 bridgehead atoms. The lowest BCUT2D eigenvalue weighted by molar-refractivity contribution is 0.0880. The summed E-state index contributed by atoms with van der Waals surface area (Å²) in [4.78, 5) is 12.4. The molecule has 2 aliphatic carbocycles. The predicted molar refractivity (Wildman–Crippen MR) is 83.4 cm³/mol. The smallest absolute Gasteiger partial charge is 0.251 e. The van der Waals surface area contributed by atoms with Crippen LogP contribution in [0.1, 0.15) is 60.0 Å². The number of nitrogens with one attached hydrogen (secondary N) is 1. The number of aliphatic hydroxyl groups excluding tert-OH is 1. The van der Waals surface area contributed by atoms with Crippen LogP contribution in [0.3, 0.4) is 0 Å². The summed E-state index contributed by atoms with van der Waals surface area (Å²) in [5, 5.41) is 12.6. The average molecular weight is 287 g/mol. The summed E-state index contributed by atoms with van der Waals surface area (Å²) in [5.74, 6) is 0.00287. The van der Waals surface area contributed by atoms with Crippen LogP contribution in [-0.4, -0.2) is 24.2 Å². The van der Waals surface area contributed by atoms with E-state index in [9.17, 15) is 9.90 Å². The van der Waals surface area contributed by atoms with E-state index in [0.717, 1.165) is 44.1 Å². The van der Waals surface area contributed by atoms with Crippen molar-refractivity contribution in [2.75, 3.05) is 13.2 Å². The monoisotopic (exact) mass is 287 g/mol. The highest BCUT2D eigenvalue weighted by Gasteiger charge is 2.33. The van der Waals surface area contributed by atoms with E-state index in [1.807, 2.05) is 6.07 Å². The Morgan fingerprint density at radius 3 is 2.52 bits per heavy atom. The van der Waals surface area contributed by atoms with Crippen LogP contribution in [0, 0.1) is 5.41 Å². The molecule has 21 heavy (non-hydrogen) atoms. The quantitative estimate of drug-likeness (QED) is 0.894. The van der Waals surface area contributed by atoms with Gasteiger partial charge in [0.05, 0.1) is 6.61 Å². The first-order chi connectivity index (χ1) is 10.2. The van der Waals surface area contributed by atoms with Gasteiger partial charge in [-0.15, -0.1) is 0 Å². The van der Waals surface area contributed by atoms with Gasteiger partial charge in [0.2, 0.25) is 0 Å². The number of hydrogen-bond acceptors (Lipinski definition) is 2. The van der Waals surface area contributed by atoms with Crippen molar-refractivity contribution < 1.29 is 9.90 Å². The lowest BCUT2D eigenvalue weighted by atomic mass is 9.87. The molecule has 0 aliphatic heterocycles. The maximum atomic E-state index is 12.4. The minimum atomic E-state index is -0.0795. The van der Waals surface area contributed by atoms with Gasteiger partial charge in [0.1, 0.15) is 0 Å². The Morgan fingerprint density at radius 2 is 1.81 bits per heavy atom. The number of carbonyl (C=O) groups is 1. The van der Waals surface area contributed by atoms with Crippen LogP contribution in [0.15, 0.2) is 18.2 Å². The van der Waals surface area contributed by atoms with Crippen molar-refractivity contribution in [1.82, 2.24) is 5.32 Å². The highest BCUT2D eigenvalue weighted by atomic mass is 16.3. The predicted octanol–water partition coefficient (Wildman–Crippen LogP) is 2.85. The zero-order valence-corrected chi connectivity index (χ0v) is 12.7. The molecule has 114 valence electrons. The number of amides is 1. The minimum Gasteiger partial charge on any atom is -0.396 e. The highest BCUT2D eigenvalue weighted by molar-refractivity contribution is 5.94. The van der Waals surface area contributed by atoms with E-state index in [0.29, 0.717) is 6.54 Å². The fourth-order valence-corrected chi connectivity index (χ4v) is 3.76. The normalized spacial score (nSPS) is 20.0. The Bertz CT molecular complexity index is 518. The molecule has 3 nitrogen and oxygen atoms in total. The van der Waals surface area contributed by atoms with E-state index in [-0.39, 0.29) is 17.9 Å². The molecule has 0 unspecified atom stereocenters. The zero-order chi connectivity index (χ0) is 14.7. The average Bonchev–Trinajstić information content (AvgIpc) is 3.01. The summed E-state index contributed by atoms with van der Waals surface area (Å²) >= 11 is 0. The largest absolute Gasteiger partial charge is 0.396 e. The maximum absolute atomic E-state index is 12.4. The number of benzene rings is 1. The van der Waals surface area contributed by atoms with E-state index in [1.165, 1.54) is 24.0 Å². The number of carbonyl (C=O) groups excluding carboxylic acids is 1. The van der Waals surface area contributed by atoms with Crippen molar-refractivity contribution in [3.8, 4) is 0 Å². The molecule has 0 saturated heterocycles. The Kier molecular flexibility index (Phi) is 4.29. The Morgan fingerprint density at radius 1 is 1.10 bits per heavy atom. The summed E-state index contributed by atoms with van der Waals surface area (Å²) in [5.41, 5.74) is 3.43. The maximum Gasteiger partial charge on any atom is 0.251 e. The molecule has 2 aliphatic rings. The van der Waals surface area contributed by atoms with Gasteiger partial charge in [0.25, 0.3) is 5.91 Å². The summed E-state index contributed by atoms with van der Waals surface area (Å²) in [6.45, 7) is 0.775. The van der Waals surface area contributed by atoms with Gasteiger partial charge < -0.3 is 10.4 Å². The molecule has 0 radical (unpaired) electrons. The Hall–Kier alpha value is -1.35. The lowest BCUT2D eigenvalue weighted by Gasteiger charge is -2.26. The molecule has 1 amide bonds. The Labute approximate surface area is 126 Å². The van der Waals surface area contributed by atoms with Gasteiger partial charge in [-0.2, -0.15) is 0 Å². The van der Waals surface area contributed by atoms with E-state index in [1.54, 1.807) is 0 Å². The van der Waals surface area contributed by atoms with E-state index >= 15 is 0 Å². The fraction of sp³-hybridized carbons (Fsp3) is 0.611. The van der Waals surface area contributed by atoms with E-state index < -0.39 is 0 Å². The van der Waals surface area contributed by atoms with Crippen molar-refractivity contribution in [1.29, 1.82) is 0 Å². The molecule has 0 atom stereocenters. The summed E-state index contributed by atoms with van der Waals surface area (Å²) in [6, 6.07) is 6.12. The van der Waals surface area contributed by atoms with Crippen LogP contribution in [0.4, 0.5) is 0 Å². The summed E-state index contributed by atoms with van der Waals surface area (Å²) in [6.07, 6.45) is 9.09. The second-order valence-corrected chi connectivity index (χ2v) is 6.74. The van der Waals surface area contributed by atoms with Crippen LogP contribution in [0.25, 0.3) is 0 Å². The van der Waals surface area contributed by atoms with Gasteiger partial charge in [0.15, 0.2) is 0 Å². The van der Waals surface area contributed by atoms with Gasteiger partial charge in [-0.1, -0.05) is 18.9 Å². The molecular formula is C18H25NO2.